The van der Waals surface area contributed by atoms with Crippen molar-refractivity contribution in [1.29, 1.82) is 5.26 Å². The maximum Gasteiger partial charge on any atom is 0.325 e. The van der Waals surface area contributed by atoms with E-state index in [1.54, 1.807) is 31.2 Å². The number of hydrogen-bond donors (Lipinski definition) is 1. The molecule has 0 radical (unpaired) electrons. The minimum absolute atomic E-state index is 0.198. The number of nitrogens with one attached hydrogen (secondary N) is 1. The average molecular weight is 262 g/mol. The number of rotatable bonds is 6. The van der Waals surface area contributed by atoms with E-state index in [1.807, 2.05) is 6.07 Å². The minimum Gasteiger partial charge on any atom is -0.482 e. The summed E-state index contributed by atoms with van der Waals surface area (Å²) in [5.74, 6) is -0.634. The van der Waals surface area contributed by atoms with E-state index in [1.165, 1.54) is 0 Å². The Morgan fingerprint density at radius 1 is 1.37 bits per heavy atom. The number of carbonyl (C=O) groups is 2. The first kappa shape index (κ1) is 14.5. The molecule has 0 saturated heterocycles. The molecule has 0 atom stereocenters. The Morgan fingerprint density at radius 2 is 2.11 bits per heavy atom. The van der Waals surface area contributed by atoms with Gasteiger partial charge in [0.1, 0.15) is 18.4 Å². The lowest BCUT2D eigenvalue weighted by Gasteiger charge is -2.08. The molecular weight excluding hydrogens is 248 g/mol. The van der Waals surface area contributed by atoms with Gasteiger partial charge in [-0.1, -0.05) is 12.1 Å². The quantitative estimate of drug-likeness (QED) is 0.759. The van der Waals surface area contributed by atoms with Crippen LogP contribution in [0.15, 0.2) is 24.3 Å². The monoisotopic (exact) mass is 262 g/mol. The van der Waals surface area contributed by atoms with Gasteiger partial charge in [0.25, 0.3) is 5.91 Å². The van der Waals surface area contributed by atoms with Gasteiger partial charge in [0.2, 0.25) is 0 Å². The summed E-state index contributed by atoms with van der Waals surface area (Å²) >= 11 is 0. The largest absolute Gasteiger partial charge is 0.482 e. The number of hydrogen-bond acceptors (Lipinski definition) is 5. The Kier molecular flexibility index (Phi) is 5.89. The topological polar surface area (TPSA) is 88.4 Å². The summed E-state index contributed by atoms with van der Waals surface area (Å²) < 4.78 is 9.85. The minimum atomic E-state index is -0.506. The number of benzene rings is 1. The van der Waals surface area contributed by atoms with Crippen LogP contribution >= 0.6 is 0 Å². The lowest BCUT2D eigenvalue weighted by molar-refractivity contribution is -0.143. The summed E-state index contributed by atoms with van der Waals surface area (Å²) in [5, 5.41) is 11.2. The van der Waals surface area contributed by atoms with Crippen molar-refractivity contribution in [2.75, 3.05) is 19.8 Å². The van der Waals surface area contributed by atoms with Crippen molar-refractivity contribution in [1.82, 2.24) is 5.32 Å². The van der Waals surface area contributed by atoms with Crippen molar-refractivity contribution >= 4 is 11.9 Å². The highest BCUT2D eigenvalue weighted by molar-refractivity contribution is 5.82. The fourth-order valence-corrected chi connectivity index (χ4v) is 1.26. The van der Waals surface area contributed by atoms with Crippen molar-refractivity contribution in [3.05, 3.63) is 29.8 Å². The van der Waals surface area contributed by atoms with Crippen LogP contribution in [0, 0.1) is 11.3 Å². The highest BCUT2D eigenvalue weighted by atomic mass is 16.5. The van der Waals surface area contributed by atoms with Gasteiger partial charge >= 0.3 is 5.97 Å². The smallest absolute Gasteiger partial charge is 0.325 e. The molecule has 6 nitrogen and oxygen atoms in total. The second kappa shape index (κ2) is 7.71. The van der Waals surface area contributed by atoms with Gasteiger partial charge < -0.3 is 14.8 Å². The van der Waals surface area contributed by atoms with Gasteiger partial charge in [-0.3, -0.25) is 9.59 Å². The first-order chi connectivity index (χ1) is 9.17. The molecular formula is C13H14N2O4. The van der Waals surface area contributed by atoms with Gasteiger partial charge in [0.05, 0.1) is 12.2 Å². The van der Waals surface area contributed by atoms with Crippen LogP contribution in [0.1, 0.15) is 12.5 Å². The summed E-state index contributed by atoms with van der Waals surface area (Å²) in [7, 11) is 0. The van der Waals surface area contributed by atoms with E-state index in [4.69, 9.17) is 10.00 Å². The maximum absolute atomic E-state index is 11.4. The van der Waals surface area contributed by atoms with Gasteiger partial charge in [-0.15, -0.1) is 0 Å². The van der Waals surface area contributed by atoms with E-state index < -0.39 is 11.9 Å². The Labute approximate surface area is 110 Å². The van der Waals surface area contributed by atoms with Crippen molar-refractivity contribution in [2.24, 2.45) is 0 Å². The van der Waals surface area contributed by atoms with Crippen molar-refractivity contribution in [3.8, 4) is 11.8 Å². The van der Waals surface area contributed by atoms with E-state index in [9.17, 15) is 9.59 Å². The molecule has 0 aliphatic heterocycles. The van der Waals surface area contributed by atoms with E-state index in [-0.39, 0.29) is 19.8 Å². The van der Waals surface area contributed by atoms with Gasteiger partial charge in [0.15, 0.2) is 6.61 Å². The molecule has 0 fully saturated rings. The summed E-state index contributed by atoms with van der Waals surface area (Å²) in [6, 6.07) is 8.54. The Balaban J connectivity index is 2.38. The van der Waals surface area contributed by atoms with Crippen molar-refractivity contribution < 1.29 is 19.1 Å². The Hall–Kier alpha value is -2.55. The van der Waals surface area contributed by atoms with Crippen LogP contribution in [0.2, 0.25) is 0 Å². The summed E-state index contributed by atoms with van der Waals surface area (Å²) in [6.07, 6.45) is 0. The molecule has 1 amide bonds. The zero-order chi connectivity index (χ0) is 14.1. The molecule has 0 aliphatic rings. The third-order valence-electron chi connectivity index (χ3n) is 2.10. The van der Waals surface area contributed by atoms with Crippen LogP contribution in [0.4, 0.5) is 0 Å². The molecule has 0 bridgehead atoms. The predicted molar refractivity (Wildman–Crippen MR) is 66.3 cm³/mol. The predicted octanol–water partition coefficient (Wildman–Crippen LogP) is 0.616. The molecule has 6 heteroatoms. The number of amides is 1. The summed E-state index contributed by atoms with van der Waals surface area (Å²) in [6.45, 7) is 1.48. The number of nitriles is 1. The number of para-hydroxylation sites is 1. The van der Waals surface area contributed by atoms with Crippen LogP contribution in [0.25, 0.3) is 0 Å². The number of ether oxygens (including phenoxy) is 2. The van der Waals surface area contributed by atoms with E-state index in [0.717, 1.165) is 0 Å². The van der Waals surface area contributed by atoms with Crippen LogP contribution in [0.3, 0.4) is 0 Å². The molecule has 1 aromatic rings. The van der Waals surface area contributed by atoms with Gasteiger partial charge in [-0.05, 0) is 19.1 Å². The zero-order valence-electron chi connectivity index (χ0n) is 10.5. The molecule has 0 unspecified atom stereocenters. The Bertz CT molecular complexity index is 494. The van der Waals surface area contributed by atoms with E-state index in [2.05, 4.69) is 10.1 Å². The third kappa shape index (κ3) is 5.08. The maximum atomic E-state index is 11.4. The van der Waals surface area contributed by atoms with Crippen molar-refractivity contribution in [2.45, 2.75) is 6.92 Å². The highest BCUT2D eigenvalue weighted by Crippen LogP contribution is 2.15. The zero-order valence-corrected chi connectivity index (χ0v) is 10.5. The summed E-state index contributed by atoms with van der Waals surface area (Å²) in [4.78, 5) is 22.4. The average Bonchev–Trinajstić information content (AvgIpc) is 2.43. The summed E-state index contributed by atoms with van der Waals surface area (Å²) in [5.41, 5.74) is 0.348. The second-order valence-corrected chi connectivity index (χ2v) is 3.48. The van der Waals surface area contributed by atoms with E-state index >= 15 is 0 Å². The van der Waals surface area contributed by atoms with Crippen LogP contribution < -0.4 is 10.1 Å². The molecule has 0 aliphatic carbocycles. The van der Waals surface area contributed by atoms with Gasteiger partial charge in [-0.25, -0.2) is 0 Å². The first-order valence-electron chi connectivity index (χ1n) is 5.71. The lowest BCUT2D eigenvalue weighted by atomic mass is 10.2. The highest BCUT2D eigenvalue weighted by Gasteiger charge is 2.08. The SMILES string of the molecule is CCOC(=O)CNC(=O)COc1ccccc1C#N. The molecule has 1 aromatic carbocycles. The van der Waals surface area contributed by atoms with Crippen molar-refractivity contribution in [3.63, 3.8) is 0 Å². The van der Waals surface area contributed by atoms with Gasteiger partial charge in [-0.2, -0.15) is 5.26 Å². The standard InChI is InChI=1S/C13H14N2O4/c1-2-18-13(17)8-15-12(16)9-19-11-6-4-3-5-10(11)7-14/h3-6H,2,8-9H2,1H3,(H,15,16). The molecule has 100 valence electrons. The normalized spacial score (nSPS) is 9.26. The first-order valence-corrected chi connectivity index (χ1v) is 5.71. The molecule has 0 saturated carbocycles. The van der Waals surface area contributed by atoms with Crippen LogP contribution in [-0.4, -0.2) is 31.6 Å². The number of esters is 1. The fraction of sp³-hybridized carbons (Fsp3) is 0.308. The van der Waals surface area contributed by atoms with Gasteiger partial charge in [0, 0.05) is 0 Å². The molecule has 0 heterocycles. The third-order valence-corrected chi connectivity index (χ3v) is 2.10. The van der Waals surface area contributed by atoms with E-state index in [0.29, 0.717) is 11.3 Å². The Morgan fingerprint density at radius 3 is 2.79 bits per heavy atom. The number of carbonyl (C=O) groups excluding carboxylic acids is 2. The second-order valence-electron chi connectivity index (χ2n) is 3.48. The van der Waals surface area contributed by atoms with Crippen LogP contribution in [0.5, 0.6) is 5.75 Å². The molecule has 19 heavy (non-hydrogen) atoms. The number of nitrogens with zero attached hydrogens (tertiary/aromatic N) is 1. The lowest BCUT2D eigenvalue weighted by Crippen LogP contribution is -2.34. The van der Waals surface area contributed by atoms with Crippen LogP contribution in [-0.2, 0) is 14.3 Å². The molecule has 0 aromatic heterocycles. The fourth-order valence-electron chi connectivity index (χ4n) is 1.26. The molecule has 1 N–H and O–H groups in total. The molecule has 1 rings (SSSR count). The molecule has 0 spiro atoms.